The third kappa shape index (κ3) is 8.01. The molecule has 15 heavy (non-hydrogen) atoms. The van der Waals surface area contributed by atoms with Gasteiger partial charge in [-0.2, -0.15) is 0 Å². The lowest BCUT2D eigenvalue weighted by Crippen LogP contribution is -2.15. The fourth-order valence-corrected chi connectivity index (χ4v) is 3.57. The lowest BCUT2D eigenvalue weighted by molar-refractivity contribution is 0.220. The van der Waals surface area contributed by atoms with Gasteiger partial charge in [-0.1, -0.05) is 0 Å². The molecule has 0 bridgehead atoms. The second kappa shape index (κ2) is 6.68. The molecule has 92 valence electrons. The smallest absolute Gasteiger partial charge is 0.309 e. The second-order valence-electron chi connectivity index (χ2n) is 2.89. The normalized spacial score (nSPS) is 13.1. The first kappa shape index (κ1) is 15.2. The molecule has 0 N–H and O–H groups in total. The Kier molecular flexibility index (Phi) is 6.75. The molecule has 0 saturated heterocycles. The van der Waals surface area contributed by atoms with Gasteiger partial charge >= 0.3 is 16.7 Å². The Hall–Kier alpha value is 0.157. The topological polar surface area (TPSA) is 35.5 Å². The Morgan fingerprint density at radius 1 is 1.13 bits per heavy atom. The highest BCUT2D eigenvalue weighted by Crippen LogP contribution is 2.49. The average molecular weight is 264 g/mol. The third-order valence-corrected chi connectivity index (χ3v) is 4.63. The van der Waals surface area contributed by atoms with Gasteiger partial charge in [-0.05, 0) is 20.3 Å². The Bertz CT molecular complexity index is 212. The summed E-state index contributed by atoms with van der Waals surface area (Å²) in [7, 11) is -8.82. The predicted molar refractivity (Wildman–Crippen MR) is 54.2 cm³/mol. The standard InChI is InChI=1S/C7H16F3O3PSi/c1-3-12-14(11,13-4-2)6-5-7-15(8,9)10/h3-7H2,1-2H3. The summed E-state index contributed by atoms with van der Waals surface area (Å²) < 4.78 is 57.3. The number of hydrogen-bond donors (Lipinski definition) is 0. The van der Waals surface area contributed by atoms with Crippen LogP contribution in [0.4, 0.5) is 12.3 Å². The van der Waals surface area contributed by atoms with Crippen LogP contribution in [-0.2, 0) is 13.6 Å². The zero-order valence-corrected chi connectivity index (χ0v) is 10.7. The van der Waals surface area contributed by atoms with Crippen LogP contribution in [0.25, 0.3) is 0 Å². The van der Waals surface area contributed by atoms with Gasteiger partial charge in [0.05, 0.1) is 19.4 Å². The van der Waals surface area contributed by atoms with Crippen molar-refractivity contribution in [3.63, 3.8) is 0 Å². The predicted octanol–water partition coefficient (Wildman–Crippen LogP) is 3.49. The molecule has 8 heteroatoms. The van der Waals surface area contributed by atoms with E-state index in [-0.39, 0.29) is 25.8 Å². The molecular weight excluding hydrogens is 248 g/mol. The van der Waals surface area contributed by atoms with Crippen LogP contribution in [0.3, 0.4) is 0 Å². The van der Waals surface area contributed by atoms with Crippen molar-refractivity contribution in [3.05, 3.63) is 0 Å². The van der Waals surface area contributed by atoms with Crippen molar-refractivity contribution in [1.29, 1.82) is 0 Å². The molecule has 0 amide bonds. The first-order chi connectivity index (χ1) is 6.83. The van der Waals surface area contributed by atoms with Gasteiger partial charge in [0.2, 0.25) is 0 Å². The van der Waals surface area contributed by atoms with Gasteiger partial charge in [0, 0.05) is 6.04 Å². The first-order valence-electron chi connectivity index (χ1n) is 4.78. The van der Waals surface area contributed by atoms with E-state index in [1.807, 2.05) is 0 Å². The summed E-state index contributed by atoms with van der Waals surface area (Å²) >= 11 is 0. The summed E-state index contributed by atoms with van der Waals surface area (Å²) in [4.78, 5) is 0. The summed E-state index contributed by atoms with van der Waals surface area (Å²) in [5.41, 5.74) is 0. The molecule has 0 radical (unpaired) electrons. The zero-order valence-electron chi connectivity index (χ0n) is 8.84. The van der Waals surface area contributed by atoms with Crippen molar-refractivity contribution in [2.75, 3.05) is 19.4 Å². The molecule has 0 atom stereocenters. The molecule has 0 aliphatic rings. The third-order valence-electron chi connectivity index (χ3n) is 1.54. The van der Waals surface area contributed by atoms with Gasteiger partial charge in [0.15, 0.2) is 0 Å². The lowest BCUT2D eigenvalue weighted by Gasteiger charge is -2.16. The molecule has 0 aromatic carbocycles. The number of halogens is 3. The van der Waals surface area contributed by atoms with Gasteiger partial charge in [-0.25, -0.2) is 12.3 Å². The van der Waals surface area contributed by atoms with E-state index in [1.54, 1.807) is 13.8 Å². The van der Waals surface area contributed by atoms with Crippen LogP contribution in [0.1, 0.15) is 20.3 Å². The summed E-state index contributed by atoms with van der Waals surface area (Å²) in [6.45, 7) is 3.62. The maximum atomic E-state index is 12.0. The Morgan fingerprint density at radius 3 is 1.93 bits per heavy atom. The largest absolute Gasteiger partial charge is 0.616 e. The summed E-state index contributed by atoms with van der Waals surface area (Å²) in [6, 6.07) is -0.822. The van der Waals surface area contributed by atoms with Gasteiger partial charge in [0.1, 0.15) is 0 Å². The van der Waals surface area contributed by atoms with Crippen LogP contribution in [0.15, 0.2) is 0 Å². The molecule has 0 rings (SSSR count). The molecule has 0 heterocycles. The Labute approximate surface area is 89.0 Å². The van der Waals surface area contributed by atoms with E-state index in [1.165, 1.54) is 0 Å². The van der Waals surface area contributed by atoms with Crippen LogP contribution in [-0.4, -0.2) is 28.5 Å². The average Bonchev–Trinajstić information content (AvgIpc) is 2.01. The van der Waals surface area contributed by atoms with E-state index >= 15 is 0 Å². The van der Waals surface area contributed by atoms with Gasteiger partial charge in [-0.3, -0.25) is 4.57 Å². The quantitative estimate of drug-likeness (QED) is 0.382. The molecular formula is C7H16F3O3PSi. The maximum Gasteiger partial charge on any atom is 0.616 e. The monoisotopic (exact) mass is 264 g/mol. The van der Waals surface area contributed by atoms with E-state index in [0.717, 1.165) is 0 Å². The fourth-order valence-electron chi connectivity index (χ4n) is 1.03. The fraction of sp³-hybridized carbons (Fsp3) is 1.00. The molecule has 0 aromatic rings. The van der Waals surface area contributed by atoms with Crippen LogP contribution < -0.4 is 0 Å². The molecule has 0 aliphatic heterocycles. The van der Waals surface area contributed by atoms with E-state index in [4.69, 9.17) is 9.05 Å². The minimum atomic E-state index is -5.54. The minimum absolute atomic E-state index is 0.152. The minimum Gasteiger partial charge on any atom is -0.309 e. The maximum absolute atomic E-state index is 12.0. The van der Waals surface area contributed by atoms with Crippen LogP contribution in [0, 0.1) is 0 Å². The van der Waals surface area contributed by atoms with E-state index in [9.17, 15) is 16.9 Å². The van der Waals surface area contributed by atoms with Crippen molar-refractivity contribution in [1.82, 2.24) is 0 Å². The van der Waals surface area contributed by atoms with Gasteiger partial charge in [0.25, 0.3) is 0 Å². The van der Waals surface area contributed by atoms with E-state index < -0.39 is 22.7 Å². The van der Waals surface area contributed by atoms with Crippen LogP contribution in [0.5, 0.6) is 0 Å². The van der Waals surface area contributed by atoms with Crippen molar-refractivity contribution in [2.45, 2.75) is 26.3 Å². The van der Waals surface area contributed by atoms with Crippen molar-refractivity contribution < 1.29 is 25.9 Å². The van der Waals surface area contributed by atoms with Crippen LogP contribution >= 0.6 is 7.60 Å². The molecule has 0 aromatic heterocycles. The molecule has 3 nitrogen and oxygen atoms in total. The highest BCUT2D eigenvalue weighted by molar-refractivity contribution is 7.53. The molecule has 0 saturated carbocycles. The van der Waals surface area contributed by atoms with Crippen molar-refractivity contribution in [2.24, 2.45) is 0 Å². The summed E-state index contributed by atoms with van der Waals surface area (Å²) in [5, 5.41) is 0. The highest BCUT2D eigenvalue weighted by Gasteiger charge is 2.37. The van der Waals surface area contributed by atoms with Crippen molar-refractivity contribution >= 4 is 16.7 Å². The molecule has 0 unspecified atom stereocenters. The van der Waals surface area contributed by atoms with E-state index in [0.29, 0.717) is 0 Å². The number of rotatable bonds is 8. The SMILES string of the molecule is CCOP(=O)(CCC[Si](F)(F)F)OCC. The first-order valence-corrected chi connectivity index (χ1v) is 8.34. The van der Waals surface area contributed by atoms with E-state index in [2.05, 4.69) is 0 Å². The Morgan fingerprint density at radius 2 is 1.60 bits per heavy atom. The highest BCUT2D eigenvalue weighted by atomic mass is 31.2. The summed E-state index contributed by atoms with van der Waals surface area (Å²) in [6.07, 6.45) is -0.325. The summed E-state index contributed by atoms with van der Waals surface area (Å²) in [5.74, 6) is 0. The van der Waals surface area contributed by atoms with Crippen molar-refractivity contribution in [3.8, 4) is 0 Å². The molecule has 0 fully saturated rings. The number of hydrogen-bond acceptors (Lipinski definition) is 3. The Balaban J connectivity index is 4.02. The zero-order chi connectivity index (χ0) is 11.9. The lowest BCUT2D eigenvalue weighted by atomic mass is 10.6. The van der Waals surface area contributed by atoms with Gasteiger partial charge in [-0.15, -0.1) is 0 Å². The van der Waals surface area contributed by atoms with Crippen LogP contribution in [0.2, 0.25) is 6.04 Å². The molecule has 0 spiro atoms. The van der Waals surface area contributed by atoms with Gasteiger partial charge < -0.3 is 9.05 Å². The second-order valence-corrected chi connectivity index (χ2v) is 6.80. The molecule has 0 aliphatic carbocycles.